The Labute approximate surface area is 232 Å². The summed E-state index contributed by atoms with van der Waals surface area (Å²) in [6, 6.07) is 8.83. The average Bonchev–Trinajstić information content (AvgIpc) is 3.35. The number of anilines is 2. The summed E-state index contributed by atoms with van der Waals surface area (Å²) in [5.74, 6) is -1.94. The highest BCUT2D eigenvalue weighted by molar-refractivity contribution is 7.92. The molecule has 12 heteroatoms. The van der Waals surface area contributed by atoms with Crippen molar-refractivity contribution in [3.63, 3.8) is 0 Å². The third-order valence-electron chi connectivity index (χ3n) is 5.51. The molecule has 2 N–H and O–H groups in total. The van der Waals surface area contributed by atoms with Gasteiger partial charge in [-0.25, -0.2) is 32.8 Å². The maximum Gasteiger partial charge on any atom is 0.223 e. The first kappa shape index (κ1) is 28.8. The lowest BCUT2D eigenvalue weighted by Gasteiger charge is -2.14. The Morgan fingerprint density at radius 3 is 2.62 bits per heavy atom. The van der Waals surface area contributed by atoms with Gasteiger partial charge in [-0.15, -0.1) is 11.3 Å². The number of nitrogens with one attached hydrogen (secondary N) is 2. The van der Waals surface area contributed by atoms with E-state index in [4.69, 9.17) is 9.72 Å². The molecule has 0 amide bonds. The molecule has 39 heavy (non-hydrogen) atoms. The van der Waals surface area contributed by atoms with Gasteiger partial charge in [-0.05, 0) is 36.8 Å². The topological polar surface area (TPSA) is 95.0 Å². The molecule has 2 aromatic heterocycles. The molecule has 0 spiro atoms. The summed E-state index contributed by atoms with van der Waals surface area (Å²) in [6.07, 6.45) is 2.39. The van der Waals surface area contributed by atoms with Crippen molar-refractivity contribution in [3.05, 3.63) is 71.1 Å². The van der Waals surface area contributed by atoms with E-state index < -0.39 is 33.7 Å². The Morgan fingerprint density at radius 2 is 1.87 bits per heavy atom. The van der Waals surface area contributed by atoms with Gasteiger partial charge in [-0.1, -0.05) is 26.8 Å². The van der Waals surface area contributed by atoms with Gasteiger partial charge < -0.3 is 14.6 Å². The number of aromatic nitrogens is 3. The molecule has 4 aromatic rings. The van der Waals surface area contributed by atoms with Gasteiger partial charge in [-0.2, -0.15) is 0 Å². The first-order valence-electron chi connectivity index (χ1n) is 12.1. The zero-order valence-corrected chi connectivity index (χ0v) is 23.5. The number of rotatable bonds is 10. The normalized spacial score (nSPS) is 12.4. The van der Waals surface area contributed by atoms with Crippen molar-refractivity contribution in [3.8, 4) is 21.8 Å². The third kappa shape index (κ3) is 6.88. The fourth-order valence-electron chi connectivity index (χ4n) is 3.55. The summed E-state index contributed by atoms with van der Waals surface area (Å²) in [6.45, 7) is 7.24. The van der Waals surface area contributed by atoms with E-state index in [1.165, 1.54) is 17.4 Å². The molecule has 7 nitrogen and oxygen atoms in total. The maximum absolute atomic E-state index is 15.9. The fraction of sp³-hybridized carbons (Fsp3) is 0.296. The quantitative estimate of drug-likeness (QED) is 0.163. The van der Waals surface area contributed by atoms with Gasteiger partial charge in [0, 0.05) is 43.5 Å². The molecule has 2 heterocycles. The van der Waals surface area contributed by atoms with E-state index in [1.54, 1.807) is 31.5 Å². The molecule has 206 valence electrons. The summed E-state index contributed by atoms with van der Waals surface area (Å²) in [5.41, 5.74) is 0.596. The standard InChI is InChI=1S/C27H28F3N5O2S2/c1-27(2,3)25-34-23(24(38-25)20-11-13-32-26(33-20)31-12-6-14-37-4)17-7-5-8-19(22(17)30)35-39(36)21-15-16(28)9-10-18(21)29/h5,7-11,13,15,35H,6,12,14H2,1-4H3,(H,31,32,33). The molecule has 0 saturated carbocycles. The molecule has 0 radical (unpaired) electrons. The van der Waals surface area contributed by atoms with Gasteiger partial charge in [0.2, 0.25) is 10.8 Å². The highest BCUT2D eigenvalue weighted by Gasteiger charge is 2.27. The number of ether oxygens (including phenoxy) is 1. The van der Waals surface area contributed by atoms with E-state index >= 15 is 4.39 Å². The summed E-state index contributed by atoms with van der Waals surface area (Å²) in [4.78, 5) is 13.9. The minimum atomic E-state index is -2.25. The SMILES string of the molecule is COCCCNc1nccc(-c2sc(C(C)(C)C)nc2-c2cccc(N[S+]([O-])c3cc(F)ccc3F)c2F)n1. The van der Waals surface area contributed by atoms with Crippen LogP contribution in [-0.2, 0) is 21.5 Å². The number of nitrogens with zero attached hydrogens (tertiary/aromatic N) is 3. The number of thiazole rings is 1. The lowest BCUT2D eigenvalue weighted by atomic mass is 9.98. The van der Waals surface area contributed by atoms with Gasteiger partial charge in [-0.3, -0.25) is 0 Å². The molecule has 0 fully saturated rings. The van der Waals surface area contributed by atoms with E-state index in [0.29, 0.717) is 35.4 Å². The first-order chi connectivity index (χ1) is 18.6. The molecule has 0 aliphatic carbocycles. The molecule has 0 aliphatic rings. The Kier molecular flexibility index (Phi) is 9.11. The van der Waals surface area contributed by atoms with Crippen LogP contribution in [0, 0.1) is 17.5 Å². The second-order valence-electron chi connectivity index (χ2n) is 9.60. The van der Waals surface area contributed by atoms with Crippen LogP contribution in [0.15, 0.2) is 53.6 Å². The van der Waals surface area contributed by atoms with Crippen molar-refractivity contribution in [2.45, 2.75) is 37.5 Å². The molecular formula is C27H28F3N5O2S2. The number of halogens is 3. The largest absolute Gasteiger partial charge is 0.588 e. The lowest BCUT2D eigenvalue weighted by molar-refractivity contribution is 0.197. The van der Waals surface area contributed by atoms with Crippen LogP contribution in [0.4, 0.5) is 24.8 Å². The van der Waals surface area contributed by atoms with Gasteiger partial charge in [0.15, 0.2) is 11.6 Å². The summed E-state index contributed by atoms with van der Waals surface area (Å²) in [7, 11) is 1.64. The Hall–Kier alpha value is -3.19. The van der Waals surface area contributed by atoms with Crippen LogP contribution in [-0.4, -0.2) is 39.8 Å². The highest BCUT2D eigenvalue weighted by atomic mass is 32.2. The molecule has 0 bridgehead atoms. The summed E-state index contributed by atoms with van der Waals surface area (Å²) < 4.78 is 63.9. The monoisotopic (exact) mass is 575 g/mol. The molecule has 4 rings (SSSR count). The molecule has 1 atom stereocenters. The lowest BCUT2D eigenvalue weighted by Crippen LogP contribution is -2.16. The van der Waals surface area contributed by atoms with Gasteiger partial charge in [0.1, 0.15) is 22.9 Å². The van der Waals surface area contributed by atoms with Crippen LogP contribution < -0.4 is 10.0 Å². The van der Waals surface area contributed by atoms with E-state index in [9.17, 15) is 13.3 Å². The smallest absolute Gasteiger partial charge is 0.223 e. The van der Waals surface area contributed by atoms with Crippen LogP contribution in [0.5, 0.6) is 0 Å². The van der Waals surface area contributed by atoms with E-state index in [-0.39, 0.29) is 16.7 Å². The van der Waals surface area contributed by atoms with Crippen molar-refractivity contribution >= 4 is 34.3 Å². The number of hydrogen-bond donors (Lipinski definition) is 2. The minimum absolute atomic E-state index is 0.145. The van der Waals surface area contributed by atoms with Crippen LogP contribution >= 0.6 is 11.3 Å². The van der Waals surface area contributed by atoms with Crippen LogP contribution in [0.1, 0.15) is 32.2 Å². The van der Waals surface area contributed by atoms with Crippen molar-refractivity contribution in [1.82, 2.24) is 15.0 Å². The van der Waals surface area contributed by atoms with Crippen LogP contribution in [0.3, 0.4) is 0 Å². The van der Waals surface area contributed by atoms with E-state index in [0.717, 1.165) is 29.6 Å². The van der Waals surface area contributed by atoms with Gasteiger partial charge >= 0.3 is 0 Å². The molecule has 1 unspecified atom stereocenters. The Morgan fingerprint density at radius 1 is 1.08 bits per heavy atom. The average molecular weight is 576 g/mol. The van der Waals surface area contributed by atoms with Gasteiger partial charge in [0.25, 0.3) is 0 Å². The van der Waals surface area contributed by atoms with Crippen molar-refractivity contribution in [2.75, 3.05) is 30.3 Å². The second-order valence-corrected chi connectivity index (χ2v) is 11.8. The predicted octanol–water partition coefficient (Wildman–Crippen LogP) is 6.57. The third-order valence-corrected chi connectivity index (χ3v) is 8.14. The van der Waals surface area contributed by atoms with Crippen molar-refractivity contribution in [1.29, 1.82) is 0 Å². The van der Waals surface area contributed by atoms with Crippen molar-refractivity contribution < 1.29 is 22.5 Å². The molecule has 2 aromatic carbocycles. The second kappa shape index (κ2) is 12.3. The molecule has 0 aliphatic heterocycles. The predicted molar refractivity (Wildman–Crippen MR) is 149 cm³/mol. The maximum atomic E-state index is 15.9. The first-order valence-corrected chi connectivity index (χ1v) is 14.0. The van der Waals surface area contributed by atoms with E-state index in [2.05, 4.69) is 20.0 Å². The Balaban J connectivity index is 1.72. The minimum Gasteiger partial charge on any atom is -0.588 e. The fourth-order valence-corrected chi connectivity index (χ4v) is 5.59. The number of benzene rings is 2. The van der Waals surface area contributed by atoms with E-state index in [1.807, 2.05) is 20.8 Å². The zero-order valence-electron chi connectivity index (χ0n) is 21.8. The molecular weight excluding hydrogens is 547 g/mol. The van der Waals surface area contributed by atoms with Crippen LogP contribution in [0.25, 0.3) is 21.8 Å². The number of methoxy groups -OCH3 is 1. The molecule has 0 saturated heterocycles. The zero-order chi connectivity index (χ0) is 28.2. The van der Waals surface area contributed by atoms with Gasteiger partial charge in [0.05, 0.1) is 21.3 Å². The highest BCUT2D eigenvalue weighted by Crippen LogP contribution is 2.42. The Bertz CT molecular complexity index is 1450. The van der Waals surface area contributed by atoms with Crippen LogP contribution in [0.2, 0.25) is 0 Å². The number of hydrogen-bond acceptors (Lipinski definition) is 8. The summed E-state index contributed by atoms with van der Waals surface area (Å²) in [5, 5.41) is 3.93. The van der Waals surface area contributed by atoms with Crippen molar-refractivity contribution in [2.24, 2.45) is 0 Å². The summed E-state index contributed by atoms with van der Waals surface area (Å²) >= 11 is -0.854.